The summed E-state index contributed by atoms with van der Waals surface area (Å²) in [7, 11) is 0. The van der Waals surface area contributed by atoms with E-state index in [1.165, 1.54) is 11.3 Å². The maximum Gasteiger partial charge on any atom is 0.417 e. The molecule has 0 unspecified atom stereocenters. The van der Waals surface area contributed by atoms with E-state index in [1.54, 1.807) is 12.1 Å². The molecule has 0 bridgehead atoms. The number of hydrogen-bond acceptors (Lipinski definition) is 6. The zero-order valence-electron chi connectivity index (χ0n) is 13.1. The molecule has 3 heterocycles. The molecular weight excluding hydrogens is 328 g/mol. The third-order valence-corrected chi connectivity index (χ3v) is 5.10. The molecular formula is C16H18N4O3S. The van der Waals surface area contributed by atoms with Gasteiger partial charge in [-0.05, 0) is 31.6 Å². The predicted molar refractivity (Wildman–Crippen MR) is 93.5 cm³/mol. The monoisotopic (exact) mass is 346 g/mol. The third-order valence-electron chi connectivity index (χ3n) is 4.23. The lowest BCUT2D eigenvalue weighted by molar-refractivity contribution is 0.287. The Kier molecular flexibility index (Phi) is 4.09. The van der Waals surface area contributed by atoms with E-state index in [4.69, 9.17) is 4.42 Å². The van der Waals surface area contributed by atoms with Crippen molar-refractivity contribution >= 4 is 22.4 Å². The molecule has 1 fully saturated rings. The van der Waals surface area contributed by atoms with Gasteiger partial charge in [0, 0.05) is 30.1 Å². The Morgan fingerprint density at radius 2 is 2.08 bits per heavy atom. The maximum absolute atomic E-state index is 11.9. The van der Waals surface area contributed by atoms with Gasteiger partial charge in [-0.2, -0.15) is 0 Å². The fraction of sp³-hybridized carbons (Fsp3) is 0.375. The Balaban J connectivity index is 1.68. The Morgan fingerprint density at radius 3 is 3.00 bits per heavy atom. The summed E-state index contributed by atoms with van der Waals surface area (Å²) in [4.78, 5) is 32.1. The number of thiazole rings is 1. The molecule has 126 valence electrons. The summed E-state index contributed by atoms with van der Waals surface area (Å²) < 4.78 is 5.12. The fourth-order valence-electron chi connectivity index (χ4n) is 3.07. The van der Waals surface area contributed by atoms with E-state index in [9.17, 15) is 9.59 Å². The second-order valence-electron chi connectivity index (χ2n) is 5.92. The van der Waals surface area contributed by atoms with Crippen molar-refractivity contribution in [1.29, 1.82) is 0 Å². The van der Waals surface area contributed by atoms with Crippen LogP contribution in [0.1, 0.15) is 11.3 Å². The van der Waals surface area contributed by atoms with Crippen molar-refractivity contribution in [2.24, 2.45) is 0 Å². The van der Waals surface area contributed by atoms with Gasteiger partial charge >= 0.3 is 10.6 Å². The van der Waals surface area contributed by atoms with Gasteiger partial charge < -0.3 is 14.7 Å². The van der Waals surface area contributed by atoms with Gasteiger partial charge in [0.25, 0.3) is 0 Å². The lowest BCUT2D eigenvalue weighted by atomic mass is 10.1. The molecule has 0 radical (unpaired) electrons. The van der Waals surface area contributed by atoms with Gasteiger partial charge in [-0.25, -0.2) is 4.79 Å². The van der Waals surface area contributed by atoms with Gasteiger partial charge in [-0.3, -0.25) is 14.7 Å². The first kappa shape index (κ1) is 15.4. The summed E-state index contributed by atoms with van der Waals surface area (Å²) in [6.45, 7) is 4.74. The number of hydrogen-bond donors (Lipinski definition) is 3. The molecule has 1 aromatic carbocycles. The molecule has 0 atom stereocenters. The summed E-state index contributed by atoms with van der Waals surface area (Å²) >= 11 is 1.25. The van der Waals surface area contributed by atoms with Gasteiger partial charge in [-0.1, -0.05) is 17.4 Å². The Labute approximate surface area is 141 Å². The van der Waals surface area contributed by atoms with Crippen LogP contribution < -0.4 is 15.9 Å². The van der Waals surface area contributed by atoms with E-state index >= 15 is 0 Å². The number of nitrogens with zero attached hydrogens (tertiary/aromatic N) is 1. The highest BCUT2D eigenvalue weighted by atomic mass is 32.1. The maximum atomic E-state index is 11.9. The highest BCUT2D eigenvalue weighted by Crippen LogP contribution is 2.27. The number of aromatic amines is 2. The van der Waals surface area contributed by atoms with Crippen LogP contribution in [0.15, 0.2) is 32.2 Å². The number of nitrogens with one attached hydrogen (secondary N) is 3. The fourth-order valence-corrected chi connectivity index (χ4v) is 3.96. The van der Waals surface area contributed by atoms with Gasteiger partial charge in [-0.15, -0.1) is 0 Å². The number of fused-ring (bicyclic) bond motifs is 1. The van der Waals surface area contributed by atoms with Crippen molar-refractivity contribution in [3.8, 4) is 11.3 Å². The Morgan fingerprint density at radius 1 is 1.17 bits per heavy atom. The van der Waals surface area contributed by atoms with Crippen LogP contribution in [0.2, 0.25) is 0 Å². The lowest BCUT2D eigenvalue weighted by Crippen LogP contribution is -2.27. The van der Waals surface area contributed by atoms with Gasteiger partial charge in [0.15, 0.2) is 5.58 Å². The highest BCUT2D eigenvalue weighted by molar-refractivity contribution is 7.09. The molecule has 24 heavy (non-hydrogen) atoms. The van der Waals surface area contributed by atoms with Crippen LogP contribution in [0.3, 0.4) is 0 Å². The number of rotatable bonds is 3. The molecule has 8 heteroatoms. The molecule has 2 aromatic heterocycles. The molecule has 4 rings (SSSR count). The van der Waals surface area contributed by atoms with Gasteiger partial charge in [0.2, 0.25) is 0 Å². The second-order valence-corrected chi connectivity index (χ2v) is 6.99. The first-order valence-electron chi connectivity index (χ1n) is 7.97. The van der Waals surface area contributed by atoms with Crippen LogP contribution in [0, 0.1) is 0 Å². The summed E-state index contributed by atoms with van der Waals surface area (Å²) in [5, 5.41) is 3.38. The van der Waals surface area contributed by atoms with Gasteiger partial charge in [0.1, 0.15) is 0 Å². The van der Waals surface area contributed by atoms with Crippen molar-refractivity contribution in [1.82, 2.24) is 20.2 Å². The van der Waals surface area contributed by atoms with Crippen molar-refractivity contribution < 1.29 is 4.42 Å². The van der Waals surface area contributed by atoms with Crippen molar-refractivity contribution in [2.45, 2.75) is 13.0 Å². The lowest BCUT2D eigenvalue weighted by Gasteiger charge is -2.18. The molecule has 7 nitrogen and oxygen atoms in total. The molecule has 0 amide bonds. The quantitative estimate of drug-likeness (QED) is 0.665. The average Bonchev–Trinajstić information content (AvgIpc) is 2.99. The van der Waals surface area contributed by atoms with E-state index in [2.05, 4.69) is 20.2 Å². The summed E-state index contributed by atoms with van der Waals surface area (Å²) in [6, 6.07) is 5.48. The topological polar surface area (TPSA) is 94.1 Å². The Bertz CT molecular complexity index is 960. The van der Waals surface area contributed by atoms with E-state index in [-0.39, 0.29) is 4.87 Å². The van der Waals surface area contributed by atoms with E-state index < -0.39 is 5.76 Å². The molecule has 3 N–H and O–H groups in total. The van der Waals surface area contributed by atoms with Crippen LogP contribution in [0.4, 0.5) is 0 Å². The average molecular weight is 346 g/mol. The second kappa shape index (κ2) is 6.39. The number of benzene rings is 1. The zero-order chi connectivity index (χ0) is 16.5. The highest BCUT2D eigenvalue weighted by Gasteiger charge is 2.16. The molecule has 0 aliphatic carbocycles. The molecule has 0 spiro atoms. The first-order valence-corrected chi connectivity index (χ1v) is 8.79. The van der Waals surface area contributed by atoms with Crippen LogP contribution in [0.5, 0.6) is 0 Å². The molecule has 1 aliphatic heterocycles. The van der Waals surface area contributed by atoms with Gasteiger partial charge in [0.05, 0.1) is 11.2 Å². The van der Waals surface area contributed by atoms with Crippen molar-refractivity contribution in [2.75, 3.05) is 26.2 Å². The molecule has 1 saturated heterocycles. The van der Waals surface area contributed by atoms with Crippen LogP contribution >= 0.6 is 11.3 Å². The van der Waals surface area contributed by atoms with Crippen LogP contribution in [-0.2, 0) is 6.54 Å². The van der Waals surface area contributed by atoms with E-state index in [1.807, 2.05) is 6.07 Å². The van der Waals surface area contributed by atoms with Crippen LogP contribution in [-0.4, -0.2) is 41.0 Å². The zero-order valence-corrected chi connectivity index (χ0v) is 13.9. The summed E-state index contributed by atoms with van der Waals surface area (Å²) in [6.07, 6.45) is 1.11. The van der Waals surface area contributed by atoms with E-state index in [0.717, 1.165) is 55.3 Å². The first-order chi connectivity index (χ1) is 11.7. The summed E-state index contributed by atoms with van der Waals surface area (Å²) in [5.74, 6) is -0.474. The van der Waals surface area contributed by atoms with Crippen molar-refractivity contribution in [3.05, 3.63) is 43.3 Å². The normalized spacial score (nSPS) is 16.5. The van der Waals surface area contributed by atoms with Crippen molar-refractivity contribution in [3.63, 3.8) is 0 Å². The smallest absolute Gasteiger partial charge is 0.408 e. The molecule has 0 saturated carbocycles. The Hall–Kier alpha value is -2.16. The van der Waals surface area contributed by atoms with Crippen LogP contribution in [0.25, 0.3) is 22.4 Å². The number of oxazole rings is 1. The van der Waals surface area contributed by atoms with E-state index in [0.29, 0.717) is 11.1 Å². The minimum absolute atomic E-state index is 0.0661. The number of H-pyrrole nitrogens is 2. The molecule has 3 aromatic rings. The minimum Gasteiger partial charge on any atom is -0.408 e. The molecule has 1 aliphatic rings. The largest absolute Gasteiger partial charge is 0.417 e. The third kappa shape index (κ3) is 3.08. The number of aromatic nitrogens is 2. The predicted octanol–water partition coefficient (Wildman–Crippen LogP) is 1.33. The standard InChI is InChI=1S/C16H18N4O3S/c21-15-18-11-3-2-10(8-12(11)23-15)14-13(24-16(22)19-14)9-20-6-1-4-17-5-7-20/h2-3,8,17H,1,4-7,9H2,(H,18,21)(H,19,22). The summed E-state index contributed by atoms with van der Waals surface area (Å²) in [5.41, 5.74) is 2.82. The minimum atomic E-state index is -0.474. The SMILES string of the molecule is O=c1[nH]c2ccc(-c3[nH]c(=O)sc3CN3CCCNCC3)cc2o1.